The van der Waals surface area contributed by atoms with Crippen molar-refractivity contribution in [3.63, 3.8) is 0 Å². The number of amides is 1. The summed E-state index contributed by atoms with van der Waals surface area (Å²) in [5.41, 5.74) is 3.25. The van der Waals surface area contributed by atoms with Gasteiger partial charge < -0.3 is 4.98 Å². The number of fused-ring (bicyclic) bond motifs is 4. The summed E-state index contributed by atoms with van der Waals surface area (Å²) in [7, 11) is -3.81. The number of carbonyl (C=O) groups excluding carboxylic acids is 1. The van der Waals surface area contributed by atoms with Crippen molar-refractivity contribution >= 4 is 26.8 Å². The monoisotopic (exact) mass is 352 g/mol. The molecule has 1 amide bonds. The number of hydrogen-bond donors (Lipinski definition) is 1. The van der Waals surface area contributed by atoms with Crippen LogP contribution in [0.1, 0.15) is 40.5 Å². The van der Waals surface area contributed by atoms with Crippen molar-refractivity contribution in [2.45, 2.75) is 30.2 Å². The van der Waals surface area contributed by atoms with Gasteiger partial charge in [-0.3, -0.25) is 4.79 Å². The van der Waals surface area contributed by atoms with Crippen molar-refractivity contribution in [3.05, 3.63) is 65.4 Å². The van der Waals surface area contributed by atoms with Crippen molar-refractivity contribution in [2.75, 3.05) is 0 Å². The molecule has 1 N–H and O–H groups in total. The van der Waals surface area contributed by atoms with Crippen molar-refractivity contribution < 1.29 is 13.2 Å². The van der Waals surface area contributed by atoms with E-state index in [4.69, 9.17) is 0 Å². The van der Waals surface area contributed by atoms with E-state index >= 15 is 0 Å². The minimum absolute atomic E-state index is 0.114. The maximum atomic E-state index is 13.0. The average Bonchev–Trinajstić information content (AvgIpc) is 3.09. The first-order valence-corrected chi connectivity index (χ1v) is 9.80. The first-order chi connectivity index (χ1) is 12.1. The van der Waals surface area contributed by atoms with Crippen molar-refractivity contribution in [1.82, 2.24) is 9.29 Å². The van der Waals surface area contributed by atoms with E-state index in [1.54, 1.807) is 18.2 Å². The van der Waals surface area contributed by atoms with E-state index in [1.165, 1.54) is 6.07 Å². The summed E-state index contributed by atoms with van der Waals surface area (Å²) in [5.74, 6) is -0.424. The van der Waals surface area contributed by atoms with E-state index < -0.39 is 22.0 Å². The Morgan fingerprint density at radius 2 is 1.80 bits per heavy atom. The molecule has 126 valence electrons. The summed E-state index contributed by atoms with van der Waals surface area (Å²) in [6.45, 7) is 0. The van der Waals surface area contributed by atoms with E-state index in [9.17, 15) is 13.2 Å². The molecular weight excluding hydrogens is 336 g/mol. The molecule has 5 nitrogen and oxygen atoms in total. The normalized spacial score (nSPS) is 21.4. The Morgan fingerprint density at radius 1 is 1.04 bits per heavy atom. The number of nitrogens with zero attached hydrogens (tertiary/aromatic N) is 1. The molecular formula is C19H16N2O3S. The molecule has 0 fully saturated rings. The van der Waals surface area contributed by atoms with Crippen molar-refractivity contribution in [2.24, 2.45) is 0 Å². The Morgan fingerprint density at radius 3 is 2.64 bits per heavy atom. The molecule has 0 spiro atoms. The molecule has 1 aliphatic heterocycles. The first-order valence-electron chi connectivity index (χ1n) is 8.36. The number of aromatic amines is 1. The third kappa shape index (κ3) is 1.88. The molecule has 0 saturated heterocycles. The number of para-hydroxylation sites is 1. The summed E-state index contributed by atoms with van der Waals surface area (Å²) < 4.78 is 27.1. The van der Waals surface area contributed by atoms with E-state index in [-0.39, 0.29) is 10.5 Å². The first kappa shape index (κ1) is 14.7. The van der Waals surface area contributed by atoms with Crippen LogP contribution in [-0.4, -0.2) is 23.6 Å². The summed E-state index contributed by atoms with van der Waals surface area (Å²) in [4.78, 5) is 16.4. The fraction of sp³-hybridized carbons (Fsp3) is 0.211. The molecule has 3 aromatic rings. The zero-order chi connectivity index (χ0) is 17.2. The Balaban J connectivity index is 1.71. The quantitative estimate of drug-likeness (QED) is 0.730. The van der Waals surface area contributed by atoms with Gasteiger partial charge in [0.25, 0.3) is 15.9 Å². The van der Waals surface area contributed by atoms with Gasteiger partial charge in [0.05, 0.1) is 11.6 Å². The topological polar surface area (TPSA) is 70.2 Å². The summed E-state index contributed by atoms with van der Waals surface area (Å²) in [6, 6.07) is 13.9. The highest BCUT2D eigenvalue weighted by atomic mass is 32.2. The summed E-state index contributed by atoms with van der Waals surface area (Å²) in [5, 5.41) is 1.11. The third-order valence-electron chi connectivity index (χ3n) is 5.22. The highest BCUT2D eigenvalue weighted by Crippen LogP contribution is 2.43. The van der Waals surface area contributed by atoms with E-state index in [2.05, 4.69) is 4.98 Å². The molecule has 0 radical (unpaired) electrons. The van der Waals surface area contributed by atoms with Gasteiger partial charge in [-0.1, -0.05) is 30.3 Å². The maximum Gasteiger partial charge on any atom is 0.269 e. The third-order valence-corrected chi connectivity index (χ3v) is 7.07. The minimum atomic E-state index is -3.81. The Bertz CT molecular complexity index is 1130. The van der Waals surface area contributed by atoms with E-state index in [1.807, 2.05) is 24.3 Å². The molecule has 0 unspecified atom stereocenters. The van der Waals surface area contributed by atoms with Crippen LogP contribution in [0.5, 0.6) is 0 Å². The zero-order valence-electron chi connectivity index (χ0n) is 13.4. The van der Waals surface area contributed by atoms with Crippen LogP contribution in [-0.2, 0) is 16.4 Å². The van der Waals surface area contributed by atoms with E-state index in [0.29, 0.717) is 6.42 Å². The molecule has 1 aromatic heterocycles. The van der Waals surface area contributed by atoms with Crippen LogP contribution in [0, 0.1) is 0 Å². The molecule has 6 heteroatoms. The lowest BCUT2D eigenvalue weighted by Crippen LogP contribution is -2.36. The number of aromatic nitrogens is 1. The molecule has 0 saturated carbocycles. The predicted molar refractivity (Wildman–Crippen MR) is 93.8 cm³/mol. The number of carbonyl (C=O) groups is 1. The Hall–Kier alpha value is -2.60. The maximum absolute atomic E-state index is 13.0. The van der Waals surface area contributed by atoms with Crippen LogP contribution in [0.3, 0.4) is 0 Å². The Kier molecular flexibility index (Phi) is 2.92. The van der Waals surface area contributed by atoms with Gasteiger partial charge >= 0.3 is 0 Å². The second-order valence-corrected chi connectivity index (χ2v) is 8.36. The highest BCUT2D eigenvalue weighted by molar-refractivity contribution is 7.90. The van der Waals surface area contributed by atoms with Crippen LogP contribution >= 0.6 is 0 Å². The molecule has 2 aliphatic rings. The molecule has 2 aromatic carbocycles. The highest BCUT2D eigenvalue weighted by Gasteiger charge is 2.46. The van der Waals surface area contributed by atoms with Crippen LogP contribution in [0.25, 0.3) is 10.9 Å². The number of sulfonamides is 1. The standard InChI is InChI=1S/C19H16N2O3S/c22-19-14-7-2-4-11-17(14)25(23,24)21(19)16-10-5-8-13-12-6-1-3-9-15(12)20-18(13)16/h1-4,6-7,9,11,16,20H,5,8,10H2/t16-/m1/s1. The number of benzene rings is 2. The van der Waals surface area contributed by atoms with Crippen LogP contribution < -0.4 is 0 Å². The van der Waals surface area contributed by atoms with Gasteiger partial charge in [0.15, 0.2) is 0 Å². The van der Waals surface area contributed by atoms with Gasteiger partial charge in [0.2, 0.25) is 0 Å². The zero-order valence-corrected chi connectivity index (χ0v) is 14.2. The molecule has 1 aliphatic carbocycles. The summed E-state index contributed by atoms with van der Waals surface area (Å²) in [6.07, 6.45) is 2.39. The second kappa shape index (κ2) is 4.95. The van der Waals surface area contributed by atoms with Gasteiger partial charge in [-0.05, 0) is 43.0 Å². The molecule has 1 atom stereocenters. The van der Waals surface area contributed by atoms with Crippen LogP contribution in [0.2, 0.25) is 0 Å². The molecule has 5 rings (SSSR count). The molecule has 0 bridgehead atoms. The average molecular weight is 352 g/mol. The fourth-order valence-electron chi connectivity index (χ4n) is 4.14. The van der Waals surface area contributed by atoms with E-state index in [0.717, 1.165) is 39.3 Å². The van der Waals surface area contributed by atoms with Gasteiger partial charge in [0.1, 0.15) is 4.90 Å². The molecule has 2 heterocycles. The number of hydrogen-bond acceptors (Lipinski definition) is 3. The van der Waals surface area contributed by atoms with Crippen LogP contribution in [0.4, 0.5) is 0 Å². The number of nitrogens with one attached hydrogen (secondary N) is 1. The molecule has 25 heavy (non-hydrogen) atoms. The lowest BCUT2D eigenvalue weighted by atomic mass is 9.91. The van der Waals surface area contributed by atoms with Crippen molar-refractivity contribution in [3.8, 4) is 0 Å². The SMILES string of the molecule is O=C1c2ccccc2S(=O)(=O)N1[C@@H]1CCCc2c1[nH]c1ccccc21. The van der Waals surface area contributed by atoms with Gasteiger partial charge in [-0.2, -0.15) is 0 Å². The second-order valence-electron chi connectivity index (χ2n) is 6.57. The number of aryl methyl sites for hydroxylation is 1. The lowest BCUT2D eigenvalue weighted by molar-refractivity contribution is 0.0820. The number of rotatable bonds is 1. The van der Waals surface area contributed by atoms with Gasteiger partial charge in [-0.25, -0.2) is 12.7 Å². The largest absolute Gasteiger partial charge is 0.356 e. The van der Waals surface area contributed by atoms with Gasteiger partial charge in [0, 0.05) is 16.6 Å². The lowest BCUT2D eigenvalue weighted by Gasteiger charge is -2.30. The minimum Gasteiger partial charge on any atom is -0.356 e. The smallest absolute Gasteiger partial charge is 0.269 e. The van der Waals surface area contributed by atoms with Gasteiger partial charge in [-0.15, -0.1) is 0 Å². The fourth-order valence-corrected chi connectivity index (χ4v) is 5.90. The van der Waals surface area contributed by atoms with Crippen LogP contribution in [0.15, 0.2) is 53.4 Å². The Labute approximate surface area is 145 Å². The van der Waals surface area contributed by atoms with Crippen molar-refractivity contribution in [1.29, 1.82) is 0 Å². The summed E-state index contributed by atoms with van der Waals surface area (Å²) >= 11 is 0. The number of H-pyrrole nitrogens is 1. The predicted octanol–water partition coefficient (Wildman–Crippen LogP) is 3.39.